The van der Waals surface area contributed by atoms with Crippen molar-refractivity contribution in [1.29, 1.82) is 0 Å². The molecule has 2 aromatic rings. The summed E-state index contributed by atoms with van der Waals surface area (Å²) in [7, 11) is 0. The molecule has 0 aliphatic carbocycles. The number of nitrogens with zero attached hydrogens (tertiary/aromatic N) is 3. The number of ketones is 1. The lowest BCUT2D eigenvalue weighted by Gasteiger charge is -2.38. The van der Waals surface area contributed by atoms with Crippen molar-refractivity contribution in [1.82, 2.24) is 9.88 Å². The Morgan fingerprint density at radius 2 is 1.70 bits per heavy atom. The van der Waals surface area contributed by atoms with E-state index in [4.69, 9.17) is 9.84 Å². The van der Waals surface area contributed by atoms with Gasteiger partial charge in [-0.15, -0.1) is 0 Å². The second kappa shape index (κ2) is 8.64. The highest BCUT2D eigenvalue weighted by Crippen LogP contribution is 2.19. The highest BCUT2D eigenvalue weighted by molar-refractivity contribution is 6.00. The van der Waals surface area contributed by atoms with Gasteiger partial charge in [0.15, 0.2) is 12.4 Å². The fourth-order valence-electron chi connectivity index (χ4n) is 3.19. The van der Waals surface area contributed by atoms with Gasteiger partial charge in [-0.1, -0.05) is 0 Å². The van der Waals surface area contributed by atoms with Crippen LogP contribution in [-0.4, -0.2) is 65.6 Å². The largest absolute Gasteiger partial charge is 0.482 e. The molecule has 1 aliphatic rings. The predicted octanol–water partition coefficient (Wildman–Crippen LogP) is 1.94. The van der Waals surface area contributed by atoms with Crippen molar-refractivity contribution in [3.63, 3.8) is 0 Å². The van der Waals surface area contributed by atoms with Crippen LogP contribution in [0, 0.1) is 0 Å². The van der Waals surface area contributed by atoms with Gasteiger partial charge in [-0.3, -0.25) is 14.7 Å². The van der Waals surface area contributed by atoms with Crippen LogP contribution in [0.15, 0.2) is 48.8 Å². The molecule has 0 radical (unpaired) electrons. The number of rotatable bonds is 7. The zero-order valence-corrected chi connectivity index (χ0v) is 15.2. The minimum Gasteiger partial charge on any atom is -0.482 e. The number of carbonyl (C=O) groups excluding carboxylic acids is 1. The van der Waals surface area contributed by atoms with E-state index in [0.717, 1.165) is 31.9 Å². The Balaban J connectivity index is 1.55. The third-order valence-corrected chi connectivity index (χ3v) is 4.77. The minimum absolute atomic E-state index is 0.0529. The van der Waals surface area contributed by atoms with E-state index in [-0.39, 0.29) is 11.8 Å². The molecule has 3 rings (SSSR count). The van der Waals surface area contributed by atoms with E-state index in [2.05, 4.69) is 14.8 Å². The number of carboxylic acid groups (broad SMARTS) is 1. The van der Waals surface area contributed by atoms with Crippen molar-refractivity contribution < 1.29 is 19.4 Å². The Labute approximate surface area is 158 Å². The van der Waals surface area contributed by atoms with E-state index in [1.165, 1.54) is 0 Å². The molecule has 1 aromatic carbocycles. The summed E-state index contributed by atoms with van der Waals surface area (Å²) < 4.78 is 5.10. The number of pyridine rings is 1. The number of Topliss-reactive ketones (excluding diaryl/α,β-unsaturated/α-hetero) is 1. The third kappa shape index (κ3) is 4.83. The quantitative estimate of drug-likeness (QED) is 0.747. The number of benzene rings is 1. The second-order valence-electron chi connectivity index (χ2n) is 6.48. The van der Waals surface area contributed by atoms with E-state index in [1.54, 1.807) is 36.7 Å². The summed E-state index contributed by atoms with van der Waals surface area (Å²) in [5, 5.41) is 8.63. The molecular formula is C20H23N3O4. The van der Waals surface area contributed by atoms with Crippen LogP contribution in [0.1, 0.15) is 17.3 Å². The molecule has 27 heavy (non-hydrogen) atoms. The molecule has 2 heterocycles. The van der Waals surface area contributed by atoms with Crippen molar-refractivity contribution in [3.8, 4) is 5.75 Å². The first-order valence-corrected chi connectivity index (χ1v) is 8.92. The van der Waals surface area contributed by atoms with E-state index >= 15 is 0 Å². The normalized spacial score (nSPS) is 16.0. The molecule has 7 nitrogen and oxygen atoms in total. The summed E-state index contributed by atoms with van der Waals surface area (Å²) in [5.41, 5.74) is 1.75. The molecule has 1 unspecified atom stereocenters. The standard InChI is InChI=1S/C20H23N3O4/c1-15(20(26)16-2-4-18(5-3-16)27-14-19(24)25)22-10-12-23(13-11-22)17-6-8-21-9-7-17/h2-9,15H,10-14H2,1H3,(H,24,25). The smallest absolute Gasteiger partial charge is 0.341 e. The van der Waals surface area contributed by atoms with E-state index in [9.17, 15) is 9.59 Å². The molecule has 142 valence electrons. The summed E-state index contributed by atoms with van der Waals surface area (Å²) in [6.07, 6.45) is 3.58. The summed E-state index contributed by atoms with van der Waals surface area (Å²) in [5.74, 6) is -0.542. The molecule has 1 N–H and O–H groups in total. The first-order valence-electron chi connectivity index (χ1n) is 8.92. The number of ether oxygens (including phenoxy) is 1. The number of carboxylic acids is 1. The van der Waals surface area contributed by atoms with Gasteiger partial charge in [0.2, 0.25) is 0 Å². The van der Waals surface area contributed by atoms with Gasteiger partial charge < -0.3 is 14.7 Å². The number of hydrogen-bond acceptors (Lipinski definition) is 6. The van der Waals surface area contributed by atoms with E-state index in [0.29, 0.717) is 11.3 Å². The van der Waals surface area contributed by atoms with Crippen LogP contribution < -0.4 is 9.64 Å². The molecule has 0 bridgehead atoms. The summed E-state index contributed by atoms with van der Waals surface area (Å²) in [6.45, 7) is 4.89. The van der Waals surface area contributed by atoms with Crippen LogP contribution in [0.25, 0.3) is 0 Å². The minimum atomic E-state index is -1.03. The lowest BCUT2D eigenvalue weighted by Crippen LogP contribution is -2.51. The number of carbonyl (C=O) groups is 2. The number of piperazine rings is 1. The Morgan fingerprint density at radius 3 is 2.30 bits per heavy atom. The highest BCUT2D eigenvalue weighted by atomic mass is 16.5. The van der Waals surface area contributed by atoms with Crippen molar-refractivity contribution in [3.05, 3.63) is 54.4 Å². The van der Waals surface area contributed by atoms with Gasteiger partial charge in [0.05, 0.1) is 6.04 Å². The third-order valence-electron chi connectivity index (χ3n) is 4.77. The van der Waals surface area contributed by atoms with E-state index < -0.39 is 12.6 Å². The van der Waals surface area contributed by atoms with Gasteiger partial charge in [-0.25, -0.2) is 4.79 Å². The van der Waals surface area contributed by atoms with Crippen LogP contribution >= 0.6 is 0 Å². The average molecular weight is 369 g/mol. The topological polar surface area (TPSA) is 83.0 Å². The molecule has 1 aliphatic heterocycles. The Bertz CT molecular complexity index is 772. The lowest BCUT2D eigenvalue weighted by molar-refractivity contribution is -0.139. The lowest BCUT2D eigenvalue weighted by atomic mass is 10.0. The van der Waals surface area contributed by atoms with Gasteiger partial charge in [0.1, 0.15) is 5.75 Å². The molecule has 1 atom stereocenters. The molecule has 1 aromatic heterocycles. The van der Waals surface area contributed by atoms with Crippen molar-refractivity contribution in [2.24, 2.45) is 0 Å². The Kier molecular flexibility index (Phi) is 6.03. The van der Waals surface area contributed by atoms with Crippen LogP contribution in [-0.2, 0) is 4.79 Å². The van der Waals surface area contributed by atoms with Crippen LogP contribution in [0.3, 0.4) is 0 Å². The number of aliphatic carboxylic acids is 1. The Morgan fingerprint density at radius 1 is 1.07 bits per heavy atom. The molecule has 0 spiro atoms. The maximum absolute atomic E-state index is 12.8. The molecule has 1 saturated heterocycles. The van der Waals surface area contributed by atoms with Gasteiger partial charge in [-0.05, 0) is 43.3 Å². The van der Waals surface area contributed by atoms with Gasteiger partial charge >= 0.3 is 5.97 Å². The first kappa shape index (κ1) is 18.8. The average Bonchev–Trinajstić information content (AvgIpc) is 2.72. The summed E-state index contributed by atoms with van der Waals surface area (Å²) >= 11 is 0. The van der Waals surface area contributed by atoms with Crippen LogP contribution in [0.4, 0.5) is 5.69 Å². The fraction of sp³-hybridized carbons (Fsp3) is 0.350. The van der Waals surface area contributed by atoms with Crippen molar-refractivity contribution in [2.45, 2.75) is 13.0 Å². The predicted molar refractivity (Wildman–Crippen MR) is 101 cm³/mol. The van der Waals surface area contributed by atoms with Gasteiger partial charge in [0, 0.05) is 49.8 Å². The van der Waals surface area contributed by atoms with Crippen molar-refractivity contribution in [2.75, 3.05) is 37.7 Å². The number of anilines is 1. The number of hydrogen-bond donors (Lipinski definition) is 1. The molecular weight excluding hydrogens is 346 g/mol. The molecule has 0 amide bonds. The zero-order chi connectivity index (χ0) is 19.2. The monoisotopic (exact) mass is 369 g/mol. The van der Waals surface area contributed by atoms with Gasteiger partial charge in [0.25, 0.3) is 0 Å². The van der Waals surface area contributed by atoms with Gasteiger partial charge in [-0.2, -0.15) is 0 Å². The zero-order valence-electron chi connectivity index (χ0n) is 15.2. The summed E-state index contributed by atoms with van der Waals surface area (Å²) in [4.78, 5) is 31.8. The first-order chi connectivity index (χ1) is 13.0. The summed E-state index contributed by atoms with van der Waals surface area (Å²) in [6, 6.07) is 10.4. The Hall–Kier alpha value is -2.93. The van der Waals surface area contributed by atoms with E-state index in [1.807, 2.05) is 19.1 Å². The molecule has 7 heteroatoms. The van der Waals surface area contributed by atoms with Crippen molar-refractivity contribution >= 4 is 17.4 Å². The van der Waals surface area contributed by atoms with Crippen LogP contribution in [0.2, 0.25) is 0 Å². The molecule has 1 fully saturated rings. The number of aromatic nitrogens is 1. The maximum Gasteiger partial charge on any atom is 0.341 e. The fourth-order valence-corrected chi connectivity index (χ4v) is 3.19. The maximum atomic E-state index is 12.8. The SMILES string of the molecule is CC(C(=O)c1ccc(OCC(=O)O)cc1)N1CCN(c2ccncc2)CC1. The van der Waals surface area contributed by atoms with Crippen LogP contribution in [0.5, 0.6) is 5.75 Å². The highest BCUT2D eigenvalue weighted by Gasteiger charge is 2.26. The second-order valence-corrected chi connectivity index (χ2v) is 6.48. The molecule has 0 saturated carbocycles.